The van der Waals surface area contributed by atoms with Crippen LogP contribution in [0.25, 0.3) is 18.2 Å². The molecule has 5 atom stereocenters. The number of hydrogen-bond acceptors (Lipinski definition) is 4. The van der Waals surface area contributed by atoms with E-state index >= 15 is 0 Å². The monoisotopic (exact) mass is 619 g/mol. The zero-order valence-electron chi connectivity index (χ0n) is 25.1. The van der Waals surface area contributed by atoms with Crippen LogP contribution in [0.2, 0.25) is 0 Å². The quantitative estimate of drug-likeness (QED) is 0.0963. The molecule has 10 nitrogen and oxygen atoms in total. The molecule has 0 radical (unpaired) electrons. The minimum absolute atomic E-state index is 0.0130. The highest BCUT2D eigenvalue weighted by molar-refractivity contribution is 7.86. The van der Waals surface area contributed by atoms with Crippen molar-refractivity contribution in [2.45, 2.75) is 57.7 Å². The number of nitrogens with one attached hydrogen (secondary N) is 4. The van der Waals surface area contributed by atoms with E-state index < -0.39 is 17.9 Å². The highest BCUT2D eigenvalue weighted by Crippen LogP contribution is 2.38. The minimum atomic E-state index is -0.965. The fourth-order valence-corrected chi connectivity index (χ4v) is 7.37. The molecule has 1 unspecified atom stereocenters. The summed E-state index contributed by atoms with van der Waals surface area (Å²) in [5.41, 5.74) is 6.52. The van der Waals surface area contributed by atoms with E-state index in [1.54, 1.807) is 12.2 Å². The average molecular weight is 620 g/mol. The molecule has 2 aromatic rings. The molecule has 0 aliphatic carbocycles. The molecule has 0 saturated carbocycles. The fraction of sp³-hybridized carbons (Fsp3) is 0.394. The Morgan fingerprint density at radius 2 is 1.77 bits per heavy atom. The smallest absolute Gasteiger partial charge is 0.307 e. The van der Waals surface area contributed by atoms with Crippen LogP contribution in [0, 0.1) is 31.6 Å². The van der Waals surface area contributed by atoms with Gasteiger partial charge >= 0.3 is 11.9 Å². The van der Waals surface area contributed by atoms with Gasteiger partial charge < -0.3 is 30.8 Å². The molecule has 5 rings (SSSR count). The minimum Gasteiger partial charge on any atom is -0.481 e. The first-order valence-corrected chi connectivity index (χ1v) is 15.9. The third-order valence-corrected chi connectivity index (χ3v) is 10.1. The number of thiol groups is 1. The Morgan fingerprint density at radius 1 is 1.05 bits per heavy atom. The van der Waals surface area contributed by atoms with Crippen LogP contribution in [-0.2, 0) is 43.8 Å². The van der Waals surface area contributed by atoms with Gasteiger partial charge in [-0.1, -0.05) is 25.7 Å². The van der Waals surface area contributed by atoms with Gasteiger partial charge in [-0.15, -0.1) is 6.58 Å². The van der Waals surface area contributed by atoms with Crippen LogP contribution in [0.3, 0.4) is 0 Å². The van der Waals surface area contributed by atoms with E-state index in [-0.39, 0.29) is 49.0 Å². The van der Waals surface area contributed by atoms with E-state index in [1.807, 2.05) is 32.9 Å². The van der Waals surface area contributed by atoms with Gasteiger partial charge in [-0.05, 0) is 71.7 Å². The maximum absolute atomic E-state index is 12.6. The molecule has 3 saturated heterocycles. The number of aromatic nitrogens is 2. The number of aliphatic carboxylic acids is 2. The van der Waals surface area contributed by atoms with E-state index in [0.29, 0.717) is 22.7 Å². The molecule has 0 spiro atoms. The summed E-state index contributed by atoms with van der Waals surface area (Å²) in [6.45, 7) is 13.7. The van der Waals surface area contributed by atoms with Gasteiger partial charge in [-0.3, -0.25) is 19.2 Å². The van der Waals surface area contributed by atoms with Crippen LogP contribution in [0.1, 0.15) is 53.5 Å². The van der Waals surface area contributed by atoms with Crippen LogP contribution in [-0.4, -0.2) is 61.0 Å². The largest absolute Gasteiger partial charge is 0.481 e. The molecule has 2 aromatic heterocycles. The van der Waals surface area contributed by atoms with Gasteiger partial charge in [0.1, 0.15) is 0 Å². The zero-order chi connectivity index (χ0) is 31.9. The molecule has 3 aliphatic heterocycles. The molecule has 3 fully saturated rings. The maximum atomic E-state index is 12.6. The van der Waals surface area contributed by atoms with Crippen LogP contribution >= 0.6 is 0 Å². The lowest BCUT2D eigenvalue weighted by Crippen LogP contribution is -2.28. The molecule has 3 aliphatic rings. The van der Waals surface area contributed by atoms with E-state index in [2.05, 4.69) is 33.8 Å². The van der Waals surface area contributed by atoms with Crippen molar-refractivity contribution in [2.24, 2.45) is 17.8 Å². The maximum Gasteiger partial charge on any atom is 0.307 e. The summed E-state index contributed by atoms with van der Waals surface area (Å²) in [6, 6.07) is -0.303. The molecule has 6 N–H and O–H groups in total. The molecule has 0 aromatic carbocycles. The lowest BCUT2D eigenvalue weighted by atomic mass is 9.91. The van der Waals surface area contributed by atoms with Crippen molar-refractivity contribution < 1.29 is 29.4 Å². The van der Waals surface area contributed by atoms with E-state index in [4.69, 9.17) is 0 Å². The molecular weight excluding hydrogens is 580 g/mol. The van der Waals surface area contributed by atoms with Crippen LogP contribution < -0.4 is 21.2 Å². The van der Waals surface area contributed by atoms with Gasteiger partial charge in [0.15, 0.2) is 11.0 Å². The second-order valence-electron chi connectivity index (χ2n) is 11.8. The van der Waals surface area contributed by atoms with Gasteiger partial charge in [0.25, 0.3) is 0 Å². The van der Waals surface area contributed by atoms with E-state index in [1.165, 1.54) is 11.8 Å². The molecule has 0 bridgehead atoms. The van der Waals surface area contributed by atoms with Crippen molar-refractivity contribution >= 4 is 53.7 Å². The third kappa shape index (κ3) is 6.19. The summed E-state index contributed by atoms with van der Waals surface area (Å²) in [4.78, 5) is 54.9. The fourth-order valence-electron chi connectivity index (χ4n) is 6.38. The summed E-state index contributed by atoms with van der Waals surface area (Å²) >= 11 is 1.35. The second kappa shape index (κ2) is 12.4. The summed E-state index contributed by atoms with van der Waals surface area (Å²) < 4.78 is 0. The molecule has 232 valence electrons. The van der Waals surface area contributed by atoms with E-state index in [0.717, 1.165) is 50.3 Å². The number of carboxylic acids is 2. The van der Waals surface area contributed by atoms with Crippen molar-refractivity contribution in [1.82, 2.24) is 20.6 Å². The molecular formula is C33H39N4O6S+. The number of rotatable bonds is 11. The molecule has 2 amide bonds. The number of allylic oxidation sites excluding steroid dienone is 1. The van der Waals surface area contributed by atoms with Gasteiger partial charge in [-0.2, -0.15) is 0 Å². The number of carboxylic acid groups (broad SMARTS) is 2. The summed E-state index contributed by atoms with van der Waals surface area (Å²) in [5, 5.41) is 26.8. The first-order chi connectivity index (χ1) is 20.9. The van der Waals surface area contributed by atoms with Crippen molar-refractivity contribution in [3.05, 3.63) is 74.8 Å². The first kappa shape index (κ1) is 31.2. The third-order valence-electron chi connectivity index (χ3n) is 9.02. The topological polar surface area (TPSA) is 164 Å². The Kier molecular flexibility index (Phi) is 8.78. The van der Waals surface area contributed by atoms with Gasteiger partial charge in [0.2, 0.25) is 11.8 Å². The predicted octanol–water partition coefficient (Wildman–Crippen LogP) is 1.38. The van der Waals surface area contributed by atoms with Gasteiger partial charge in [0.05, 0.1) is 24.3 Å². The molecule has 5 heterocycles. The average Bonchev–Trinajstić information content (AvgIpc) is 3.53. The number of hydrogen-bond donors (Lipinski definition) is 6. The second-order valence-corrected chi connectivity index (χ2v) is 13.2. The predicted molar refractivity (Wildman–Crippen MR) is 171 cm³/mol. The Bertz CT molecular complexity index is 1730. The summed E-state index contributed by atoms with van der Waals surface area (Å²) in [5.74, 6) is -1.38. The highest BCUT2D eigenvalue weighted by Gasteiger charge is 2.52. The van der Waals surface area contributed by atoms with E-state index in [9.17, 15) is 29.4 Å². The number of H-pyrrole nitrogens is 2. The zero-order valence-corrected chi connectivity index (χ0v) is 26.0. The Balaban J connectivity index is 1.60. The number of carbonyl (C=O) groups excluding carboxylic acids is 2. The first-order valence-electron chi connectivity index (χ1n) is 14.7. The Labute approximate surface area is 259 Å². The van der Waals surface area contributed by atoms with Crippen molar-refractivity contribution in [3.8, 4) is 0 Å². The molecule has 44 heavy (non-hydrogen) atoms. The van der Waals surface area contributed by atoms with Crippen LogP contribution in [0.15, 0.2) is 30.5 Å². The molecule has 11 heteroatoms. The standard InChI is InChI=1S/C33H38N4O6S/c1-6-19-15(2)24(36-33(19)43)11-22-16(3)20(7-9-29(38)39)25(34-22)13-26-21(8-10-30(40)41)17(4)23(35-26)12-27-31(28-14-44-28)18(5)32(42)37-27/h6-7,12-13,18-19,24,28,31,34-35H,1-2,8-11,14H2,3-5H3,(H,36,43)(H,37,42)(H,38,39)(H,40,41)/p+1/b20-7+,25-13-,27-12-/t18-,19?,24-,28-,31-/m1/s1. The van der Waals surface area contributed by atoms with Gasteiger partial charge in [-0.25, -0.2) is 0 Å². The number of amides is 2. The number of aromatic amines is 2. The van der Waals surface area contributed by atoms with Crippen LogP contribution in [0.5, 0.6) is 0 Å². The lowest BCUT2D eigenvalue weighted by Gasteiger charge is -2.11. The van der Waals surface area contributed by atoms with Crippen molar-refractivity contribution in [3.63, 3.8) is 0 Å². The summed E-state index contributed by atoms with van der Waals surface area (Å²) in [6.07, 6.45) is 7.58. The van der Waals surface area contributed by atoms with Crippen LogP contribution in [0.4, 0.5) is 0 Å². The van der Waals surface area contributed by atoms with Gasteiger partial charge in [0, 0.05) is 46.9 Å². The normalized spacial score (nSPS) is 26.4. The Hall–Kier alpha value is -4.25. The SMILES string of the molecule is C=CC1C(=C)[C@@H](Cc2[nH]c(=C\c3[nH]c(/C=C4\NC(=O)[C@H](C)[C@H]4[C@H]4C[SH+]4)c(C)c3CCC(=O)O)/c(=C/CC(=O)O)c2C)NC1=O. The highest BCUT2D eigenvalue weighted by atomic mass is 32.2. The van der Waals surface area contributed by atoms with Crippen molar-refractivity contribution in [1.29, 1.82) is 0 Å². The Morgan fingerprint density at radius 3 is 2.39 bits per heavy atom. The summed E-state index contributed by atoms with van der Waals surface area (Å²) in [7, 11) is 0. The lowest BCUT2D eigenvalue weighted by molar-refractivity contribution is -0.137. The number of carbonyl (C=O) groups is 4. The van der Waals surface area contributed by atoms with Crippen molar-refractivity contribution in [2.75, 3.05) is 5.75 Å².